The lowest BCUT2D eigenvalue weighted by Crippen LogP contribution is -2.16. The summed E-state index contributed by atoms with van der Waals surface area (Å²) < 4.78 is 15.3. The second-order valence-electron chi connectivity index (χ2n) is 5.54. The standard InChI is InChI=1S/C18H12FN5O2/c19-11-8-4-5-9-12(11)24-17-14(22-18(24)26)13(15(20)25)21-16(23-17)10-6-2-1-3-7-10/h1-9H,(H2,20,25)(H,22,26). The summed E-state index contributed by atoms with van der Waals surface area (Å²) in [6.45, 7) is 0. The fraction of sp³-hybridized carbons (Fsp3) is 0. The van der Waals surface area contributed by atoms with Gasteiger partial charge in [-0.15, -0.1) is 0 Å². The number of aromatic nitrogens is 4. The first-order valence-electron chi connectivity index (χ1n) is 7.69. The minimum Gasteiger partial charge on any atom is -0.364 e. The topological polar surface area (TPSA) is 107 Å². The van der Waals surface area contributed by atoms with E-state index in [0.29, 0.717) is 5.56 Å². The zero-order valence-electron chi connectivity index (χ0n) is 13.3. The van der Waals surface area contributed by atoms with Crippen LogP contribution in [0.3, 0.4) is 0 Å². The minimum absolute atomic E-state index is 0.0110. The Bertz CT molecular complexity index is 1200. The molecule has 0 spiro atoms. The fourth-order valence-electron chi connectivity index (χ4n) is 2.74. The third kappa shape index (κ3) is 2.44. The largest absolute Gasteiger partial charge is 0.364 e. The van der Waals surface area contributed by atoms with Crippen LogP contribution in [0.25, 0.3) is 28.2 Å². The summed E-state index contributed by atoms with van der Waals surface area (Å²) in [5, 5.41) is 0. The molecular weight excluding hydrogens is 337 g/mol. The van der Waals surface area contributed by atoms with E-state index in [1.165, 1.54) is 18.2 Å². The number of H-pyrrole nitrogens is 1. The van der Waals surface area contributed by atoms with Gasteiger partial charge in [-0.1, -0.05) is 42.5 Å². The van der Waals surface area contributed by atoms with Gasteiger partial charge in [-0.3, -0.25) is 4.79 Å². The van der Waals surface area contributed by atoms with Gasteiger partial charge >= 0.3 is 5.69 Å². The molecule has 0 aliphatic heterocycles. The van der Waals surface area contributed by atoms with Gasteiger partial charge in [0.25, 0.3) is 5.91 Å². The molecule has 0 unspecified atom stereocenters. The number of carbonyl (C=O) groups excluding carboxylic acids is 1. The van der Waals surface area contributed by atoms with Crippen LogP contribution in [-0.2, 0) is 0 Å². The van der Waals surface area contributed by atoms with Gasteiger partial charge in [-0.05, 0) is 12.1 Å². The molecule has 0 saturated heterocycles. The highest BCUT2D eigenvalue weighted by Crippen LogP contribution is 2.22. The molecule has 0 bridgehead atoms. The maximum Gasteiger partial charge on any atom is 0.332 e. The number of halogens is 1. The Hall–Kier alpha value is -3.81. The third-order valence-corrected chi connectivity index (χ3v) is 3.90. The summed E-state index contributed by atoms with van der Waals surface area (Å²) in [6, 6.07) is 14.7. The van der Waals surface area contributed by atoms with Gasteiger partial charge in [0.15, 0.2) is 17.2 Å². The molecule has 8 heteroatoms. The van der Waals surface area contributed by atoms with Gasteiger partial charge in [-0.25, -0.2) is 23.7 Å². The van der Waals surface area contributed by atoms with Crippen LogP contribution in [0.4, 0.5) is 4.39 Å². The van der Waals surface area contributed by atoms with E-state index in [0.717, 1.165) is 4.57 Å². The van der Waals surface area contributed by atoms with Crippen molar-refractivity contribution in [1.82, 2.24) is 19.5 Å². The SMILES string of the molecule is NC(=O)c1nc(-c2ccccc2)nc2c1[nH]c(=O)n2-c1ccccc1F. The number of amides is 1. The van der Waals surface area contributed by atoms with Gasteiger partial charge in [-0.2, -0.15) is 0 Å². The smallest absolute Gasteiger partial charge is 0.332 e. The normalized spacial score (nSPS) is 11.0. The van der Waals surface area contributed by atoms with E-state index in [1.807, 2.05) is 6.07 Å². The van der Waals surface area contributed by atoms with E-state index in [9.17, 15) is 14.0 Å². The molecule has 4 rings (SSSR count). The number of hydrogen-bond acceptors (Lipinski definition) is 4. The maximum absolute atomic E-state index is 14.2. The first kappa shape index (κ1) is 15.7. The predicted molar refractivity (Wildman–Crippen MR) is 93.4 cm³/mol. The monoisotopic (exact) mass is 349 g/mol. The molecule has 0 fully saturated rings. The van der Waals surface area contributed by atoms with Gasteiger partial charge in [0.2, 0.25) is 0 Å². The van der Waals surface area contributed by atoms with Gasteiger partial charge in [0, 0.05) is 5.56 Å². The van der Waals surface area contributed by atoms with E-state index in [-0.39, 0.29) is 28.4 Å². The van der Waals surface area contributed by atoms with Crippen molar-refractivity contribution in [2.24, 2.45) is 5.73 Å². The quantitative estimate of drug-likeness (QED) is 0.590. The molecule has 0 aliphatic carbocycles. The highest BCUT2D eigenvalue weighted by Gasteiger charge is 2.21. The first-order valence-corrected chi connectivity index (χ1v) is 7.69. The van der Waals surface area contributed by atoms with Crippen LogP contribution in [0.1, 0.15) is 10.5 Å². The van der Waals surface area contributed by atoms with Crippen molar-refractivity contribution in [2.45, 2.75) is 0 Å². The number of fused-ring (bicyclic) bond motifs is 1. The Morgan fingerprint density at radius 1 is 1.04 bits per heavy atom. The van der Waals surface area contributed by atoms with Crippen molar-refractivity contribution in [2.75, 3.05) is 0 Å². The number of para-hydroxylation sites is 1. The number of primary amides is 1. The molecular formula is C18H12FN5O2. The van der Waals surface area contributed by atoms with Crippen molar-refractivity contribution in [3.8, 4) is 17.1 Å². The molecule has 2 aromatic carbocycles. The number of nitrogens with one attached hydrogen (secondary N) is 1. The van der Waals surface area contributed by atoms with Crippen LogP contribution in [0.5, 0.6) is 0 Å². The molecule has 1 amide bonds. The Kier molecular flexibility index (Phi) is 3.58. The summed E-state index contributed by atoms with van der Waals surface area (Å²) in [7, 11) is 0. The van der Waals surface area contributed by atoms with Crippen LogP contribution < -0.4 is 11.4 Å². The average Bonchev–Trinajstić information content (AvgIpc) is 2.97. The maximum atomic E-state index is 14.2. The van der Waals surface area contributed by atoms with Crippen LogP contribution in [-0.4, -0.2) is 25.4 Å². The van der Waals surface area contributed by atoms with Crippen molar-refractivity contribution in [3.63, 3.8) is 0 Å². The Balaban J connectivity index is 2.11. The van der Waals surface area contributed by atoms with E-state index in [1.54, 1.807) is 30.3 Å². The number of hydrogen-bond donors (Lipinski definition) is 2. The molecule has 0 aliphatic rings. The van der Waals surface area contributed by atoms with Crippen molar-refractivity contribution < 1.29 is 9.18 Å². The molecule has 128 valence electrons. The number of benzene rings is 2. The van der Waals surface area contributed by atoms with Crippen molar-refractivity contribution >= 4 is 17.1 Å². The Labute approximate surface area is 145 Å². The third-order valence-electron chi connectivity index (χ3n) is 3.90. The first-order chi connectivity index (χ1) is 12.6. The minimum atomic E-state index is -0.823. The van der Waals surface area contributed by atoms with Crippen LogP contribution >= 0.6 is 0 Å². The lowest BCUT2D eigenvalue weighted by molar-refractivity contribution is 0.0997. The summed E-state index contributed by atoms with van der Waals surface area (Å²) in [5.74, 6) is -1.22. The second kappa shape index (κ2) is 5.92. The number of imidazole rings is 1. The number of aromatic amines is 1. The van der Waals surface area contributed by atoms with E-state index >= 15 is 0 Å². The van der Waals surface area contributed by atoms with Gasteiger partial charge in [0.1, 0.15) is 11.3 Å². The average molecular weight is 349 g/mol. The van der Waals surface area contributed by atoms with E-state index in [2.05, 4.69) is 15.0 Å². The summed E-state index contributed by atoms with van der Waals surface area (Å²) in [6.07, 6.45) is 0. The fourth-order valence-corrected chi connectivity index (χ4v) is 2.74. The lowest BCUT2D eigenvalue weighted by Gasteiger charge is -2.07. The van der Waals surface area contributed by atoms with Gasteiger partial charge < -0.3 is 10.7 Å². The molecule has 2 aromatic heterocycles. The molecule has 3 N–H and O–H groups in total. The molecule has 0 atom stereocenters. The van der Waals surface area contributed by atoms with E-state index < -0.39 is 17.4 Å². The molecule has 0 saturated carbocycles. The second-order valence-corrected chi connectivity index (χ2v) is 5.54. The summed E-state index contributed by atoms with van der Waals surface area (Å²) in [4.78, 5) is 35.3. The lowest BCUT2D eigenvalue weighted by atomic mass is 10.2. The number of nitrogens with two attached hydrogens (primary N) is 1. The summed E-state index contributed by atoms with van der Waals surface area (Å²) >= 11 is 0. The van der Waals surface area contributed by atoms with Crippen LogP contribution in [0, 0.1) is 5.82 Å². The molecule has 7 nitrogen and oxygen atoms in total. The molecule has 4 aromatic rings. The van der Waals surface area contributed by atoms with Crippen LogP contribution in [0.2, 0.25) is 0 Å². The van der Waals surface area contributed by atoms with Gasteiger partial charge in [0.05, 0.1) is 5.69 Å². The summed E-state index contributed by atoms with van der Waals surface area (Å²) in [5.41, 5.74) is 5.41. The molecule has 0 radical (unpaired) electrons. The van der Waals surface area contributed by atoms with Crippen LogP contribution in [0.15, 0.2) is 59.4 Å². The number of carbonyl (C=O) groups is 1. The van der Waals surface area contributed by atoms with Crippen molar-refractivity contribution in [1.29, 1.82) is 0 Å². The van der Waals surface area contributed by atoms with E-state index in [4.69, 9.17) is 5.73 Å². The highest BCUT2D eigenvalue weighted by atomic mass is 19.1. The highest BCUT2D eigenvalue weighted by molar-refractivity contribution is 6.02. The predicted octanol–water partition coefficient (Wildman–Crippen LogP) is 2.01. The molecule has 2 heterocycles. The Morgan fingerprint density at radius 3 is 2.42 bits per heavy atom. The van der Waals surface area contributed by atoms with Crippen molar-refractivity contribution in [3.05, 3.63) is 76.6 Å². The number of rotatable bonds is 3. The number of nitrogens with zero attached hydrogens (tertiary/aromatic N) is 3. The zero-order valence-corrected chi connectivity index (χ0v) is 13.3. The zero-order chi connectivity index (χ0) is 18.3. The Morgan fingerprint density at radius 2 is 1.73 bits per heavy atom. The molecule has 26 heavy (non-hydrogen) atoms.